The molecule has 0 aliphatic heterocycles. The zero-order chi connectivity index (χ0) is 37.0. The van der Waals surface area contributed by atoms with Crippen LogP contribution in [0.2, 0.25) is 0 Å². The van der Waals surface area contributed by atoms with Crippen LogP contribution in [0, 0.1) is 0 Å². The Bertz CT molecular complexity index is 3250. The molecule has 0 bridgehead atoms. The Balaban J connectivity index is 1.11. The topological polar surface area (TPSA) is 30.7 Å². The normalized spacial score (nSPS) is 11.6. The van der Waals surface area contributed by atoms with Gasteiger partial charge in [0.2, 0.25) is 0 Å². The van der Waals surface area contributed by atoms with Crippen molar-refractivity contribution in [2.24, 2.45) is 0 Å². The van der Waals surface area contributed by atoms with E-state index in [1.165, 1.54) is 42.4 Å². The predicted octanol–water partition coefficient (Wildman–Crippen LogP) is 14.3. The van der Waals surface area contributed by atoms with Crippen LogP contribution in [0.1, 0.15) is 0 Å². The third-order valence-corrected chi connectivity index (χ3v) is 12.0. The summed E-state index contributed by atoms with van der Waals surface area (Å²) in [5.41, 5.74) is 13.1. The van der Waals surface area contributed by atoms with Crippen molar-refractivity contribution in [2.75, 3.05) is 0 Å². The molecule has 3 aromatic heterocycles. The minimum Gasteiger partial charge on any atom is -0.294 e. The van der Waals surface area contributed by atoms with Gasteiger partial charge < -0.3 is 0 Å². The van der Waals surface area contributed by atoms with E-state index in [9.17, 15) is 0 Å². The SMILES string of the molecule is c1ccc(-c2cccc(-c3cccc(-c4cccc(-c5nc(-c6cccc7c6sc6ccccc67)c6c7ccccc7n(-c7ccccc7)c6n5)c4)c3)c2)cc1. The van der Waals surface area contributed by atoms with Crippen LogP contribution in [0.3, 0.4) is 0 Å². The molecule has 3 nitrogen and oxygen atoms in total. The highest BCUT2D eigenvalue weighted by atomic mass is 32.1. The fraction of sp³-hybridized carbons (Fsp3) is 0. The first-order chi connectivity index (χ1) is 27.8. The second-order valence-electron chi connectivity index (χ2n) is 14.2. The van der Waals surface area contributed by atoms with Crippen molar-refractivity contribution in [3.05, 3.63) is 200 Å². The molecule has 0 spiro atoms. The maximum atomic E-state index is 5.54. The molecule has 11 rings (SSSR count). The highest BCUT2D eigenvalue weighted by Gasteiger charge is 2.23. The molecule has 0 atom stereocenters. The quantitative estimate of drug-likeness (QED) is 0.170. The molecule has 0 aliphatic carbocycles. The molecule has 0 aliphatic rings. The summed E-state index contributed by atoms with van der Waals surface area (Å²) in [5, 5.41) is 4.71. The van der Waals surface area contributed by atoms with Crippen LogP contribution < -0.4 is 0 Å². The van der Waals surface area contributed by atoms with E-state index in [1.54, 1.807) is 0 Å². The highest BCUT2D eigenvalue weighted by Crippen LogP contribution is 2.44. The van der Waals surface area contributed by atoms with Gasteiger partial charge in [-0.05, 0) is 75.8 Å². The van der Waals surface area contributed by atoms with Crippen molar-refractivity contribution >= 4 is 53.4 Å². The fourth-order valence-corrected chi connectivity index (χ4v) is 9.39. The molecular formula is C52H33N3S. The van der Waals surface area contributed by atoms with Gasteiger partial charge in [-0.1, -0.05) is 158 Å². The van der Waals surface area contributed by atoms with Gasteiger partial charge in [-0.25, -0.2) is 9.97 Å². The minimum absolute atomic E-state index is 0.694. The van der Waals surface area contributed by atoms with Crippen molar-refractivity contribution in [1.82, 2.24) is 14.5 Å². The fourth-order valence-electron chi connectivity index (χ4n) is 8.17. The van der Waals surface area contributed by atoms with E-state index in [-0.39, 0.29) is 0 Å². The van der Waals surface area contributed by atoms with Gasteiger partial charge >= 0.3 is 0 Å². The Labute approximate surface area is 328 Å². The first kappa shape index (κ1) is 32.3. The Morgan fingerprint density at radius 2 is 0.911 bits per heavy atom. The number of thiophene rings is 1. The van der Waals surface area contributed by atoms with Crippen LogP contribution in [0.5, 0.6) is 0 Å². The third-order valence-electron chi connectivity index (χ3n) is 10.8. The number of fused-ring (bicyclic) bond motifs is 6. The number of para-hydroxylation sites is 2. The Hall–Kier alpha value is -7.14. The summed E-state index contributed by atoms with van der Waals surface area (Å²) < 4.78 is 4.80. The summed E-state index contributed by atoms with van der Waals surface area (Å²) in [6.45, 7) is 0. The number of aromatic nitrogens is 3. The number of benzene rings is 8. The number of hydrogen-bond donors (Lipinski definition) is 0. The summed E-state index contributed by atoms with van der Waals surface area (Å²) in [6.07, 6.45) is 0. The first-order valence-corrected chi connectivity index (χ1v) is 19.7. The maximum Gasteiger partial charge on any atom is 0.162 e. The summed E-state index contributed by atoms with van der Waals surface area (Å²) in [6, 6.07) is 71.3. The molecule has 0 fully saturated rings. The van der Waals surface area contributed by atoms with Gasteiger partial charge in [0.15, 0.2) is 5.82 Å². The molecule has 0 saturated heterocycles. The summed E-state index contributed by atoms with van der Waals surface area (Å²) in [7, 11) is 0. The molecule has 0 N–H and O–H groups in total. The van der Waals surface area contributed by atoms with E-state index in [0.29, 0.717) is 5.82 Å². The average Bonchev–Trinajstić information content (AvgIpc) is 3.83. The number of rotatable bonds is 6. The lowest BCUT2D eigenvalue weighted by Crippen LogP contribution is -1.99. The molecule has 0 saturated carbocycles. The molecular weight excluding hydrogens is 699 g/mol. The van der Waals surface area contributed by atoms with Crippen molar-refractivity contribution in [3.8, 4) is 61.7 Å². The van der Waals surface area contributed by atoms with Gasteiger partial charge in [-0.15, -0.1) is 11.3 Å². The monoisotopic (exact) mass is 731 g/mol. The van der Waals surface area contributed by atoms with Gasteiger partial charge in [0, 0.05) is 42.4 Å². The zero-order valence-corrected chi connectivity index (χ0v) is 31.1. The van der Waals surface area contributed by atoms with Crippen LogP contribution >= 0.6 is 11.3 Å². The predicted molar refractivity (Wildman–Crippen MR) is 236 cm³/mol. The lowest BCUT2D eigenvalue weighted by atomic mass is 9.95. The van der Waals surface area contributed by atoms with E-state index >= 15 is 0 Å². The van der Waals surface area contributed by atoms with Crippen LogP contribution in [0.15, 0.2) is 200 Å². The van der Waals surface area contributed by atoms with Gasteiger partial charge in [0.1, 0.15) is 5.65 Å². The smallest absolute Gasteiger partial charge is 0.162 e. The Kier molecular flexibility index (Phi) is 7.68. The lowest BCUT2D eigenvalue weighted by Gasteiger charge is -2.12. The second-order valence-corrected chi connectivity index (χ2v) is 15.2. The molecule has 8 aromatic carbocycles. The molecule has 56 heavy (non-hydrogen) atoms. The van der Waals surface area contributed by atoms with Gasteiger partial charge in [-0.2, -0.15) is 0 Å². The Morgan fingerprint density at radius 1 is 0.393 bits per heavy atom. The van der Waals surface area contributed by atoms with E-state index in [2.05, 4.69) is 205 Å². The largest absolute Gasteiger partial charge is 0.294 e. The molecule has 0 unspecified atom stereocenters. The van der Waals surface area contributed by atoms with Crippen molar-refractivity contribution in [2.45, 2.75) is 0 Å². The van der Waals surface area contributed by atoms with E-state index in [1.807, 2.05) is 11.3 Å². The molecule has 262 valence electrons. The van der Waals surface area contributed by atoms with Gasteiger partial charge in [0.25, 0.3) is 0 Å². The van der Waals surface area contributed by atoms with Crippen LogP contribution in [0.25, 0.3) is 104 Å². The van der Waals surface area contributed by atoms with Crippen molar-refractivity contribution < 1.29 is 0 Å². The number of hydrogen-bond acceptors (Lipinski definition) is 3. The van der Waals surface area contributed by atoms with Crippen LogP contribution in [0.4, 0.5) is 0 Å². The molecule has 4 heteroatoms. The second kappa shape index (κ2) is 13.3. The summed E-state index contributed by atoms with van der Waals surface area (Å²) in [5.74, 6) is 0.694. The average molecular weight is 732 g/mol. The van der Waals surface area contributed by atoms with Crippen molar-refractivity contribution in [3.63, 3.8) is 0 Å². The summed E-state index contributed by atoms with van der Waals surface area (Å²) in [4.78, 5) is 11.0. The minimum atomic E-state index is 0.694. The molecule has 3 heterocycles. The van der Waals surface area contributed by atoms with Crippen LogP contribution in [-0.4, -0.2) is 14.5 Å². The van der Waals surface area contributed by atoms with Crippen molar-refractivity contribution in [1.29, 1.82) is 0 Å². The Morgan fingerprint density at radius 3 is 1.62 bits per heavy atom. The molecule has 0 amide bonds. The van der Waals surface area contributed by atoms with E-state index < -0.39 is 0 Å². The maximum absolute atomic E-state index is 5.54. The van der Waals surface area contributed by atoms with E-state index in [0.717, 1.165) is 55.6 Å². The first-order valence-electron chi connectivity index (χ1n) is 18.9. The van der Waals surface area contributed by atoms with Crippen LogP contribution in [-0.2, 0) is 0 Å². The standard InChI is InChI=1S/C52H33N3S/c1-3-15-34(16-4-1)35-17-11-18-36(31-35)37-19-12-20-38(32-37)39-21-13-22-40(33-39)51-53-49(45-28-14-27-43-42-25-8-10-30-47(42)56-50(43)45)48-44-26-7-9-29-46(44)55(52(48)54-51)41-23-5-2-6-24-41/h1-33H. The van der Waals surface area contributed by atoms with Gasteiger partial charge in [-0.3, -0.25) is 4.57 Å². The lowest BCUT2D eigenvalue weighted by molar-refractivity contribution is 1.11. The highest BCUT2D eigenvalue weighted by molar-refractivity contribution is 7.26. The zero-order valence-electron chi connectivity index (χ0n) is 30.3. The third kappa shape index (κ3) is 5.42. The molecule has 0 radical (unpaired) electrons. The van der Waals surface area contributed by atoms with E-state index in [4.69, 9.17) is 9.97 Å². The molecule has 11 aromatic rings. The summed E-state index contributed by atoms with van der Waals surface area (Å²) >= 11 is 1.83. The van der Waals surface area contributed by atoms with Gasteiger partial charge in [0.05, 0.1) is 16.6 Å². The number of nitrogens with zero attached hydrogens (tertiary/aromatic N) is 3.